The number of aliphatic hydroxyl groups excluding tert-OH is 4. The lowest BCUT2D eigenvalue weighted by molar-refractivity contribution is -0.145. The normalized spacial score (nSPS) is 16.3. The van der Waals surface area contributed by atoms with Crippen molar-refractivity contribution in [3.8, 4) is 0 Å². The first-order valence-electron chi connectivity index (χ1n) is 16.0. The number of primary amides is 2. The van der Waals surface area contributed by atoms with E-state index in [0.29, 0.717) is 0 Å². The number of rotatable bonds is 24. The van der Waals surface area contributed by atoms with Gasteiger partial charge in [-0.25, -0.2) is 4.79 Å². The molecule has 0 rings (SSSR count). The molecule has 0 spiro atoms. The van der Waals surface area contributed by atoms with Crippen LogP contribution in [-0.2, 0) is 43.2 Å². The summed E-state index contributed by atoms with van der Waals surface area (Å²) >= 11 is 0. The van der Waals surface area contributed by atoms with Crippen LogP contribution < -0.4 is 49.1 Å². The molecule has 23 nitrogen and oxygen atoms in total. The van der Waals surface area contributed by atoms with Crippen molar-refractivity contribution in [2.24, 2.45) is 23.1 Å². The lowest BCUT2D eigenvalue weighted by Gasteiger charge is -2.28. The number of nitrogens with two attached hydrogens (primary N) is 3. The second kappa shape index (κ2) is 22.8. The lowest BCUT2D eigenvalue weighted by Crippen LogP contribution is -2.62. The Kier molecular flexibility index (Phi) is 20.6. The van der Waals surface area contributed by atoms with Crippen LogP contribution in [0.3, 0.4) is 0 Å². The molecule has 296 valence electrons. The highest BCUT2D eigenvalue weighted by Gasteiger charge is 2.35. The number of carboxylic acids is 1. The number of carbonyl (C=O) groups is 9. The fraction of sp³-hybridized carbons (Fsp3) is 0.690. The Hall–Kier alpha value is -4.97. The third-order valence-corrected chi connectivity index (χ3v) is 7.15. The summed E-state index contributed by atoms with van der Waals surface area (Å²) in [6.45, 7) is 3.42. The van der Waals surface area contributed by atoms with Gasteiger partial charge >= 0.3 is 5.97 Å². The molecule has 0 aromatic heterocycles. The van der Waals surface area contributed by atoms with Crippen molar-refractivity contribution < 1.29 is 68.7 Å². The van der Waals surface area contributed by atoms with Crippen LogP contribution in [0, 0.1) is 5.92 Å². The van der Waals surface area contributed by atoms with Crippen molar-refractivity contribution in [1.29, 1.82) is 0 Å². The Morgan fingerprint density at radius 2 is 0.962 bits per heavy atom. The Morgan fingerprint density at radius 3 is 1.38 bits per heavy atom. The van der Waals surface area contributed by atoms with E-state index in [1.165, 1.54) is 0 Å². The van der Waals surface area contributed by atoms with Gasteiger partial charge in [-0.2, -0.15) is 0 Å². The van der Waals surface area contributed by atoms with Gasteiger partial charge in [0.15, 0.2) is 6.04 Å². The summed E-state index contributed by atoms with van der Waals surface area (Å²) in [5.41, 5.74) is 15.8. The second-order valence-electron chi connectivity index (χ2n) is 12.3. The summed E-state index contributed by atoms with van der Waals surface area (Å²) in [5.74, 6) is -10.4. The van der Waals surface area contributed by atoms with E-state index in [4.69, 9.17) is 17.2 Å². The highest BCUT2D eigenvalue weighted by Crippen LogP contribution is 2.08. The number of aliphatic carboxylic acids is 1. The van der Waals surface area contributed by atoms with Gasteiger partial charge in [-0.3, -0.25) is 38.4 Å². The Labute approximate surface area is 298 Å². The molecule has 0 fully saturated rings. The SMILES string of the molecule is CC(C)C[C@H](NC(=O)[C@H](CCC(N)=O)NC(=O)[C@H](CO)NC(=O)[C@@H](NC(=O)[C@@H](N)CC(N)=O)[C@@H](C)O)C(=O)N[C@@H](CO)C(=O)N[C@H](C(=O)O)[C@@H](C)O. The zero-order valence-corrected chi connectivity index (χ0v) is 29.2. The van der Waals surface area contributed by atoms with Crippen LogP contribution in [-0.4, -0.2) is 146 Å². The zero-order valence-electron chi connectivity index (χ0n) is 29.2. The molecule has 0 aromatic rings. The summed E-state index contributed by atoms with van der Waals surface area (Å²) in [7, 11) is 0. The zero-order chi connectivity index (χ0) is 40.5. The van der Waals surface area contributed by atoms with Crippen LogP contribution in [0.25, 0.3) is 0 Å². The summed E-state index contributed by atoms with van der Waals surface area (Å²) in [5, 5.41) is 61.4. The molecule has 23 heteroatoms. The minimum atomic E-state index is -1.82. The van der Waals surface area contributed by atoms with Gasteiger partial charge < -0.3 is 74.6 Å². The number of nitrogens with one attached hydrogen (secondary N) is 6. The minimum absolute atomic E-state index is 0.0792. The molecule has 17 N–H and O–H groups in total. The Bertz CT molecular complexity index is 1300. The monoisotopic (exact) mass is 749 g/mol. The predicted octanol–water partition coefficient (Wildman–Crippen LogP) is -7.76. The van der Waals surface area contributed by atoms with Gasteiger partial charge in [0, 0.05) is 6.42 Å². The van der Waals surface area contributed by atoms with E-state index in [-0.39, 0.29) is 12.3 Å². The smallest absolute Gasteiger partial charge is 0.328 e. The van der Waals surface area contributed by atoms with Gasteiger partial charge in [0.2, 0.25) is 47.3 Å². The lowest BCUT2D eigenvalue weighted by atomic mass is 10.0. The minimum Gasteiger partial charge on any atom is -0.480 e. The molecule has 0 radical (unpaired) electrons. The van der Waals surface area contributed by atoms with E-state index in [1.54, 1.807) is 13.8 Å². The third kappa shape index (κ3) is 16.8. The van der Waals surface area contributed by atoms with Gasteiger partial charge in [0.1, 0.15) is 30.2 Å². The molecule has 8 amide bonds. The standard InChI is InChI=1S/C29H51N9O14/c1-11(2)7-16(25(47)35-18(10-40)27(49)38-22(13(4)42)29(51)52)34-24(46)15(5-6-19(31)43)33-26(48)17(9-39)36-28(50)21(12(3)41)37-23(45)14(30)8-20(32)44/h11-18,21-22,39-42H,5-10,30H2,1-4H3,(H2,31,43)(H2,32,44)(H,33,48)(H,34,46)(H,35,47)(H,36,50)(H,37,45)(H,38,49)(H,51,52)/t12-,13-,14+,15+,16+,17+,18+,21+,22+/m1/s1. The summed E-state index contributed by atoms with van der Waals surface area (Å²) in [6, 6.07) is -11.6. The van der Waals surface area contributed by atoms with Crippen molar-refractivity contribution in [2.45, 2.75) is 108 Å². The quantitative estimate of drug-likeness (QED) is 0.0436. The number of aliphatic hydroxyl groups is 4. The number of amides is 8. The molecule has 0 saturated carbocycles. The molecule has 0 aliphatic heterocycles. The number of carboxylic acid groups (broad SMARTS) is 1. The number of hydrogen-bond acceptors (Lipinski definition) is 14. The van der Waals surface area contributed by atoms with Crippen LogP contribution >= 0.6 is 0 Å². The molecule has 0 unspecified atom stereocenters. The van der Waals surface area contributed by atoms with Gasteiger partial charge in [-0.1, -0.05) is 13.8 Å². The Balaban J connectivity index is 6.05. The average Bonchev–Trinajstić information content (AvgIpc) is 3.03. The van der Waals surface area contributed by atoms with Gasteiger partial charge in [-0.15, -0.1) is 0 Å². The molecule has 0 aliphatic rings. The number of hydrogen-bond donors (Lipinski definition) is 14. The van der Waals surface area contributed by atoms with E-state index < -0.39 is 140 Å². The maximum atomic E-state index is 13.4. The summed E-state index contributed by atoms with van der Waals surface area (Å²) in [6.07, 6.45) is -4.72. The molecule has 9 atom stereocenters. The summed E-state index contributed by atoms with van der Waals surface area (Å²) in [4.78, 5) is 112. The molecule has 0 aliphatic carbocycles. The first-order chi connectivity index (χ1) is 24.0. The fourth-order valence-electron chi connectivity index (χ4n) is 4.34. The molecular weight excluding hydrogens is 698 g/mol. The molecule has 0 bridgehead atoms. The van der Waals surface area contributed by atoms with Gasteiger partial charge in [0.05, 0.1) is 37.9 Å². The average molecular weight is 750 g/mol. The molecule has 52 heavy (non-hydrogen) atoms. The molecule has 0 heterocycles. The van der Waals surface area contributed by atoms with Crippen LogP contribution in [0.4, 0.5) is 0 Å². The van der Waals surface area contributed by atoms with Gasteiger partial charge in [-0.05, 0) is 32.6 Å². The molecule has 0 saturated heterocycles. The van der Waals surface area contributed by atoms with Gasteiger partial charge in [0.25, 0.3) is 0 Å². The number of carbonyl (C=O) groups excluding carboxylic acids is 8. The van der Waals surface area contributed by atoms with Crippen molar-refractivity contribution in [3.63, 3.8) is 0 Å². The topological polar surface area (TPSA) is 405 Å². The predicted molar refractivity (Wildman–Crippen MR) is 176 cm³/mol. The molecule has 0 aromatic carbocycles. The van der Waals surface area contributed by atoms with Crippen LogP contribution in [0.1, 0.15) is 53.4 Å². The third-order valence-electron chi connectivity index (χ3n) is 7.15. The highest BCUT2D eigenvalue weighted by atomic mass is 16.4. The molecular formula is C29H51N9O14. The van der Waals surface area contributed by atoms with Crippen molar-refractivity contribution in [2.75, 3.05) is 13.2 Å². The van der Waals surface area contributed by atoms with E-state index in [1.807, 2.05) is 5.32 Å². The van der Waals surface area contributed by atoms with E-state index in [2.05, 4.69) is 26.6 Å². The van der Waals surface area contributed by atoms with Crippen LogP contribution in [0.15, 0.2) is 0 Å². The maximum absolute atomic E-state index is 13.4. The Morgan fingerprint density at radius 1 is 0.558 bits per heavy atom. The van der Waals surface area contributed by atoms with Crippen molar-refractivity contribution in [1.82, 2.24) is 31.9 Å². The van der Waals surface area contributed by atoms with Crippen LogP contribution in [0.2, 0.25) is 0 Å². The van der Waals surface area contributed by atoms with Crippen LogP contribution in [0.5, 0.6) is 0 Å². The fourth-order valence-corrected chi connectivity index (χ4v) is 4.34. The largest absolute Gasteiger partial charge is 0.480 e. The maximum Gasteiger partial charge on any atom is 0.328 e. The van der Waals surface area contributed by atoms with E-state index in [9.17, 15) is 68.7 Å². The van der Waals surface area contributed by atoms with Crippen molar-refractivity contribution >= 4 is 53.2 Å². The second-order valence-corrected chi connectivity index (χ2v) is 12.3. The van der Waals surface area contributed by atoms with E-state index >= 15 is 0 Å². The van der Waals surface area contributed by atoms with Crippen molar-refractivity contribution in [3.05, 3.63) is 0 Å². The highest BCUT2D eigenvalue weighted by molar-refractivity contribution is 5.97. The first-order valence-corrected chi connectivity index (χ1v) is 16.0. The van der Waals surface area contributed by atoms with E-state index in [0.717, 1.165) is 13.8 Å². The first kappa shape index (κ1) is 47.0. The summed E-state index contributed by atoms with van der Waals surface area (Å²) < 4.78 is 0.